The molecule has 0 radical (unpaired) electrons. The minimum Gasteiger partial charge on any atom is -0.325 e. The van der Waals surface area contributed by atoms with Crippen molar-refractivity contribution in [2.24, 2.45) is 5.73 Å². The zero-order valence-corrected chi connectivity index (χ0v) is 8.45. The second-order valence-corrected chi connectivity index (χ2v) is 3.60. The summed E-state index contributed by atoms with van der Waals surface area (Å²) < 4.78 is 1.02. The van der Waals surface area contributed by atoms with Crippen molar-refractivity contribution in [3.63, 3.8) is 0 Å². The number of nitrogens with zero attached hydrogens (tertiary/aromatic N) is 2. The fourth-order valence-electron chi connectivity index (χ4n) is 1.25. The Balaban J connectivity index is 2.77. The number of hydrogen-bond acceptors (Lipinski definition) is 3. The zero-order valence-electron chi connectivity index (χ0n) is 6.87. The summed E-state index contributed by atoms with van der Waals surface area (Å²) >= 11 is 3.39. The summed E-state index contributed by atoms with van der Waals surface area (Å²) in [6.45, 7) is 0.445. The second kappa shape index (κ2) is 3.40. The molecule has 2 N–H and O–H groups in total. The van der Waals surface area contributed by atoms with Crippen LogP contribution in [0.1, 0.15) is 5.69 Å². The van der Waals surface area contributed by atoms with Crippen LogP contribution in [0.4, 0.5) is 0 Å². The van der Waals surface area contributed by atoms with Crippen molar-refractivity contribution in [1.29, 1.82) is 0 Å². The molecule has 0 amide bonds. The summed E-state index contributed by atoms with van der Waals surface area (Å²) in [6, 6.07) is 5.89. The van der Waals surface area contributed by atoms with E-state index in [9.17, 15) is 0 Å². The smallest absolute Gasteiger partial charge is 0.116 e. The van der Waals surface area contributed by atoms with E-state index in [1.807, 2.05) is 18.2 Å². The predicted octanol–water partition coefficient (Wildman–Crippen LogP) is 1.85. The van der Waals surface area contributed by atoms with Crippen LogP contribution in [0, 0.1) is 0 Å². The lowest BCUT2D eigenvalue weighted by Gasteiger charge is -2.01. The van der Waals surface area contributed by atoms with E-state index in [0.717, 1.165) is 21.1 Å². The molecule has 0 fully saturated rings. The molecule has 66 valence electrons. The molecule has 3 nitrogen and oxygen atoms in total. The van der Waals surface area contributed by atoms with Gasteiger partial charge in [-0.3, -0.25) is 0 Å². The summed E-state index contributed by atoms with van der Waals surface area (Å²) in [4.78, 5) is 8.26. The molecule has 0 unspecified atom stereocenters. The highest BCUT2D eigenvalue weighted by Gasteiger charge is 2.01. The molecule has 0 atom stereocenters. The third kappa shape index (κ3) is 1.55. The SMILES string of the molecule is NCc1ncnc2cc(Br)ccc12. The van der Waals surface area contributed by atoms with Crippen molar-refractivity contribution in [2.75, 3.05) is 0 Å². The molecule has 0 spiro atoms. The Kier molecular flexibility index (Phi) is 2.24. The third-order valence-electron chi connectivity index (χ3n) is 1.87. The number of aromatic nitrogens is 2. The van der Waals surface area contributed by atoms with Gasteiger partial charge in [-0.2, -0.15) is 0 Å². The standard InChI is InChI=1S/C9H8BrN3/c10-6-1-2-7-8(3-6)12-5-13-9(7)4-11/h1-3,5H,4,11H2. The summed E-state index contributed by atoms with van der Waals surface area (Å²) in [5.74, 6) is 0. The average Bonchev–Trinajstić information content (AvgIpc) is 2.16. The van der Waals surface area contributed by atoms with Crippen molar-refractivity contribution in [3.05, 3.63) is 34.7 Å². The maximum atomic E-state index is 5.55. The van der Waals surface area contributed by atoms with Gasteiger partial charge in [-0.25, -0.2) is 9.97 Å². The van der Waals surface area contributed by atoms with E-state index in [1.165, 1.54) is 6.33 Å². The van der Waals surface area contributed by atoms with Crippen LogP contribution in [0.25, 0.3) is 10.9 Å². The molecular weight excluding hydrogens is 230 g/mol. The summed E-state index contributed by atoms with van der Waals surface area (Å²) in [5, 5.41) is 1.02. The van der Waals surface area contributed by atoms with Gasteiger partial charge in [-0.15, -0.1) is 0 Å². The third-order valence-corrected chi connectivity index (χ3v) is 2.37. The highest BCUT2D eigenvalue weighted by atomic mass is 79.9. The quantitative estimate of drug-likeness (QED) is 0.824. The highest BCUT2D eigenvalue weighted by molar-refractivity contribution is 9.10. The van der Waals surface area contributed by atoms with Gasteiger partial charge in [0.05, 0.1) is 11.2 Å². The van der Waals surface area contributed by atoms with E-state index in [-0.39, 0.29) is 0 Å². The van der Waals surface area contributed by atoms with Crippen LogP contribution in [0.5, 0.6) is 0 Å². The van der Waals surface area contributed by atoms with E-state index < -0.39 is 0 Å². The van der Waals surface area contributed by atoms with Crippen LogP contribution < -0.4 is 5.73 Å². The summed E-state index contributed by atoms with van der Waals surface area (Å²) in [5.41, 5.74) is 7.36. The highest BCUT2D eigenvalue weighted by Crippen LogP contribution is 2.19. The number of fused-ring (bicyclic) bond motifs is 1. The van der Waals surface area contributed by atoms with Gasteiger partial charge in [0.15, 0.2) is 0 Å². The van der Waals surface area contributed by atoms with Crippen LogP contribution in [0.15, 0.2) is 29.0 Å². The first-order valence-corrected chi connectivity index (χ1v) is 4.70. The number of hydrogen-bond donors (Lipinski definition) is 1. The number of rotatable bonds is 1. The first-order chi connectivity index (χ1) is 6.31. The normalized spacial score (nSPS) is 10.6. The molecule has 4 heteroatoms. The first kappa shape index (κ1) is 8.59. The topological polar surface area (TPSA) is 51.8 Å². The van der Waals surface area contributed by atoms with E-state index in [1.54, 1.807) is 0 Å². The predicted molar refractivity (Wildman–Crippen MR) is 55.1 cm³/mol. The molecule has 2 aromatic rings. The van der Waals surface area contributed by atoms with Crippen LogP contribution in [-0.2, 0) is 6.54 Å². The first-order valence-electron chi connectivity index (χ1n) is 3.90. The van der Waals surface area contributed by atoms with E-state index in [0.29, 0.717) is 6.54 Å². The molecule has 0 bridgehead atoms. The Morgan fingerprint density at radius 2 is 2.15 bits per heavy atom. The lowest BCUT2D eigenvalue weighted by molar-refractivity contribution is 0.990. The molecule has 2 rings (SSSR count). The lowest BCUT2D eigenvalue weighted by atomic mass is 10.2. The zero-order chi connectivity index (χ0) is 9.26. The van der Waals surface area contributed by atoms with Crippen LogP contribution in [-0.4, -0.2) is 9.97 Å². The molecule has 0 aliphatic heterocycles. The number of benzene rings is 1. The molecule has 1 heterocycles. The summed E-state index contributed by atoms with van der Waals surface area (Å²) in [7, 11) is 0. The van der Waals surface area contributed by atoms with Gasteiger partial charge in [0.2, 0.25) is 0 Å². The Morgan fingerprint density at radius 1 is 1.31 bits per heavy atom. The van der Waals surface area contributed by atoms with Gasteiger partial charge in [-0.1, -0.05) is 15.9 Å². The number of halogens is 1. The molecule has 1 aromatic heterocycles. The van der Waals surface area contributed by atoms with Crippen LogP contribution >= 0.6 is 15.9 Å². The molecule has 13 heavy (non-hydrogen) atoms. The van der Waals surface area contributed by atoms with Gasteiger partial charge >= 0.3 is 0 Å². The van der Waals surface area contributed by atoms with Crippen molar-refractivity contribution in [3.8, 4) is 0 Å². The lowest BCUT2D eigenvalue weighted by Crippen LogP contribution is -2.00. The van der Waals surface area contributed by atoms with Crippen molar-refractivity contribution >= 4 is 26.8 Å². The van der Waals surface area contributed by atoms with Gasteiger partial charge in [-0.05, 0) is 18.2 Å². The number of nitrogens with two attached hydrogens (primary N) is 1. The fourth-order valence-corrected chi connectivity index (χ4v) is 1.60. The Labute approximate surface area is 84.1 Å². The minimum atomic E-state index is 0.445. The van der Waals surface area contributed by atoms with Crippen LogP contribution in [0.3, 0.4) is 0 Å². The van der Waals surface area contributed by atoms with Gasteiger partial charge in [0.1, 0.15) is 6.33 Å². The van der Waals surface area contributed by atoms with E-state index in [4.69, 9.17) is 5.73 Å². The molecule has 0 aliphatic rings. The van der Waals surface area contributed by atoms with Crippen LogP contribution in [0.2, 0.25) is 0 Å². The molecule has 0 aliphatic carbocycles. The molecular formula is C9H8BrN3. The van der Waals surface area contributed by atoms with E-state index >= 15 is 0 Å². The van der Waals surface area contributed by atoms with Crippen molar-refractivity contribution in [1.82, 2.24) is 9.97 Å². The Morgan fingerprint density at radius 3 is 2.92 bits per heavy atom. The maximum absolute atomic E-state index is 5.55. The molecule has 0 saturated carbocycles. The van der Waals surface area contributed by atoms with Gasteiger partial charge in [0, 0.05) is 16.4 Å². The van der Waals surface area contributed by atoms with E-state index in [2.05, 4.69) is 25.9 Å². The minimum absolute atomic E-state index is 0.445. The average molecular weight is 238 g/mol. The largest absolute Gasteiger partial charge is 0.325 e. The van der Waals surface area contributed by atoms with Gasteiger partial charge < -0.3 is 5.73 Å². The second-order valence-electron chi connectivity index (χ2n) is 2.69. The maximum Gasteiger partial charge on any atom is 0.116 e. The van der Waals surface area contributed by atoms with Crippen molar-refractivity contribution in [2.45, 2.75) is 6.54 Å². The van der Waals surface area contributed by atoms with Gasteiger partial charge in [0.25, 0.3) is 0 Å². The Hall–Kier alpha value is -1.000. The molecule has 1 aromatic carbocycles. The Bertz CT molecular complexity index is 442. The fraction of sp³-hybridized carbons (Fsp3) is 0.111. The summed E-state index contributed by atoms with van der Waals surface area (Å²) in [6.07, 6.45) is 1.54. The monoisotopic (exact) mass is 237 g/mol. The molecule has 0 saturated heterocycles. The van der Waals surface area contributed by atoms with Crippen molar-refractivity contribution < 1.29 is 0 Å².